The van der Waals surface area contributed by atoms with Gasteiger partial charge in [0.25, 0.3) is 0 Å². The number of benzene rings is 2. The lowest BCUT2D eigenvalue weighted by molar-refractivity contribution is 0.168. The molecule has 2 aromatic carbocycles. The summed E-state index contributed by atoms with van der Waals surface area (Å²) < 4.78 is 13.0. The van der Waals surface area contributed by atoms with Crippen molar-refractivity contribution in [3.63, 3.8) is 0 Å². The number of hydrogen-bond donors (Lipinski definition) is 1. The Bertz CT molecular complexity index is 467. The van der Waals surface area contributed by atoms with E-state index >= 15 is 0 Å². The van der Waals surface area contributed by atoms with Gasteiger partial charge in [-0.15, -0.1) is 0 Å². The molecule has 0 aliphatic carbocycles. The van der Waals surface area contributed by atoms with Gasteiger partial charge >= 0.3 is 0 Å². The Kier molecular flexibility index (Phi) is 3.89. The highest BCUT2D eigenvalue weighted by Crippen LogP contribution is 2.18. The summed E-state index contributed by atoms with van der Waals surface area (Å²) in [6.45, 7) is 0. The maximum Gasteiger partial charge on any atom is 0.123 e. The van der Waals surface area contributed by atoms with Crippen molar-refractivity contribution >= 4 is 0 Å². The zero-order valence-electron chi connectivity index (χ0n) is 9.51. The molecule has 0 amide bonds. The summed E-state index contributed by atoms with van der Waals surface area (Å²) >= 11 is 0. The Labute approximate surface area is 101 Å². The molecule has 0 radical (unpaired) electrons. The summed E-state index contributed by atoms with van der Waals surface area (Å²) in [6, 6.07) is 16.0. The normalized spacial score (nSPS) is 12.4. The van der Waals surface area contributed by atoms with Crippen molar-refractivity contribution < 1.29 is 9.50 Å². The summed E-state index contributed by atoms with van der Waals surface area (Å²) in [5.41, 5.74) is 1.82. The first-order valence-electron chi connectivity index (χ1n) is 5.73. The van der Waals surface area contributed by atoms with Crippen LogP contribution < -0.4 is 0 Å². The third-order valence-electron chi connectivity index (χ3n) is 2.78. The first-order valence-corrected chi connectivity index (χ1v) is 5.73. The fourth-order valence-electron chi connectivity index (χ4n) is 1.84. The summed E-state index contributed by atoms with van der Waals surface area (Å²) in [5, 5.41) is 9.96. The molecule has 0 bridgehead atoms. The van der Waals surface area contributed by atoms with Gasteiger partial charge < -0.3 is 5.11 Å². The second-order valence-corrected chi connectivity index (χ2v) is 4.10. The maximum absolute atomic E-state index is 13.0. The van der Waals surface area contributed by atoms with Crippen molar-refractivity contribution in [3.8, 4) is 0 Å². The van der Waals surface area contributed by atoms with Crippen molar-refractivity contribution in [2.75, 3.05) is 0 Å². The fourth-order valence-corrected chi connectivity index (χ4v) is 1.84. The van der Waals surface area contributed by atoms with Gasteiger partial charge in [-0.05, 0) is 36.1 Å². The minimum Gasteiger partial charge on any atom is -0.388 e. The summed E-state index contributed by atoms with van der Waals surface area (Å²) in [4.78, 5) is 0. The van der Waals surface area contributed by atoms with Crippen LogP contribution in [-0.4, -0.2) is 5.11 Å². The molecule has 1 atom stereocenters. The number of aliphatic hydroxyl groups is 1. The smallest absolute Gasteiger partial charge is 0.123 e. The van der Waals surface area contributed by atoms with Gasteiger partial charge in [0.2, 0.25) is 0 Å². The second-order valence-electron chi connectivity index (χ2n) is 4.10. The molecule has 17 heavy (non-hydrogen) atoms. The Morgan fingerprint density at radius 1 is 1.00 bits per heavy atom. The molecule has 1 N–H and O–H groups in total. The number of aliphatic hydroxyl groups excluding tert-OH is 1. The van der Waals surface area contributed by atoms with Crippen LogP contribution in [0, 0.1) is 5.82 Å². The Morgan fingerprint density at radius 3 is 2.47 bits per heavy atom. The Balaban J connectivity index is 1.95. The first-order chi connectivity index (χ1) is 8.25. The van der Waals surface area contributed by atoms with Crippen LogP contribution in [0.5, 0.6) is 0 Å². The largest absolute Gasteiger partial charge is 0.388 e. The molecule has 0 aliphatic rings. The molecule has 0 saturated carbocycles. The Hall–Kier alpha value is -1.67. The quantitative estimate of drug-likeness (QED) is 0.852. The summed E-state index contributed by atoms with van der Waals surface area (Å²) in [7, 11) is 0. The molecular weight excluding hydrogens is 215 g/mol. The zero-order chi connectivity index (χ0) is 12.1. The van der Waals surface area contributed by atoms with E-state index in [-0.39, 0.29) is 5.82 Å². The second kappa shape index (κ2) is 5.60. The van der Waals surface area contributed by atoms with Gasteiger partial charge in [-0.3, -0.25) is 0 Å². The third kappa shape index (κ3) is 3.40. The van der Waals surface area contributed by atoms with E-state index in [1.54, 1.807) is 6.07 Å². The van der Waals surface area contributed by atoms with E-state index in [0.717, 1.165) is 11.1 Å². The topological polar surface area (TPSA) is 20.2 Å². The standard InChI is InChI=1S/C15H15FO/c16-14-8-4-5-12(11-14)9-10-15(17)13-6-2-1-3-7-13/h1-8,11,15,17H,9-10H2. The lowest BCUT2D eigenvalue weighted by Crippen LogP contribution is -1.99. The summed E-state index contributed by atoms with van der Waals surface area (Å²) in [5.74, 6) is -0.225. The third-order valence-corrected chi connectivity index (χ3v) is 2.78. The van der Waals surface area contributed by atoms with Crippen LogP contribution in [0.25, 0.3) is 0 Å². The molecule has 0 fully saturated rings. The van der Waals surface area contributed by atoms with Gasteiger partial charge in [-0.1, -0.05) is 42.5 Å². The van der Waals surface area contributed by atoms with Crippen molar-refractivity contribution in [2.45, 2.75) is 18.9 Å². The zero-order valence-corrected chi connectivity index (χ0v) is 9.51. The number of rotatable bonds is 4. The van der Waals surface area contributed by atoms with E-state index in [1.807, 2.05) is 36.4 Å². The van der Waals surface area contributed by atoms with Crippen molar-refractivity contribution in [3.05, 3.63) is 71.5 Å². The molecule has 88 valence electrons. The van der Waals surface area contributed by atoms with Crippen LogP contribution in [0.2, 0.25) is 0 Å². The van der Waals surface area contributed by atoms with Crippen LogP contribution in [0.15, 0.2) is 54.6 Å². The SMILES string of the molecule is OC(CCc1cccc(F)c1)c1ccccc1. The number of aryl methyl sites for hydroxylation is 1. The fraction of sp³-hybridized carbons (Fsp3) is 0.200. The molecule has 1 nitrogen and oxygen atoms in total. The van der Waals surface area contributed by atoms with Gasteiger partial charge in [0.1, 0.15) is 5.82 Å². The van der Waals surface area contributed by atoms with Gasteiger partial charge in [-0.25, -0.2) is 4.39 Å². The van der Waals surface area contributed by atoms with E-state index < -0.39 is 6.10 Å². The first kappa shape index (κ1) is 11.8. The molecule has 0 aliphatic heterocycles. The predicted octanol–water partition coefficient (Wildman–Crippen LogP) is 3.49. The van der Waals surface area contributed by atoms with E-state index in [4.69, 9.17) is 0 Å². The molecule has 0 saturated heterocycles. The monoisotopic (exact) mass is 230 g/mol. The van der Waals surface area contributed by atoms with Crippen molar-refractivity contribution in [1.82, 2.24) is 0 Å². The minimum absolute atomic E-state index is 0.225. The van der Waals surface area contributed by atoms with Gasteiger partial charge in [0.15, 0.2) is 0 Å². The molecule has 0 heterocycles. The molecule has 1 unspecified atom stereocenters. The number of halogens is 1. The van der Waals surface area contributed by atoms with Crippen molar-refractivity contribution in [2.24, 2.45) is 0 Å². The lowest BCUT2D eigenvalue weighted by atomic mass is 10.0. The van der Waals surface area contributed by atoms with Crippen LogP contribution in [-0.2, 0) is 6.42 Å². The lowest BCUT2D eigenvalue weighted by Gasteiger charge is -2.10. The van der Waals surface area contributed by atoms with E-state index in [0.29, 0.717) is 12.8 Å². The minimum atomic E-state index is -0.487. The van der Waals surface area contributed by atoms with Gasteiger partial charge in [0.05, 0.1) is 6.10 Å². The van der Waals surface area contributed by atoms with E-state index in [9.17, 15) is 9.50 Å². The molecule has 0 spiro atoms. The highest BCUT2D eigenvalue weighted by Gasteiger charge is 2.07. The highest BCUT2D eigenvalue weighted by molar-refractivity contribution is 5.19. The molecule has 2 heteroatoms. The van der Waals surface area contributed by atoms with Crippen molar-refractivity contribution in [1.29, 1.82) is 0 Å². The van der Waals surface area contributed by atoms with Gasteiger partial charge in [0, 0.05) is 0 Å². The predicted molar refractivity (Wildman–Crippen MR) is 66.1 cm³/mol. The van der Waals surface area contributed by atoms with E-state index in [2.05, 4.69) is 0 Å². The van der Waals surface area contributed by atoms with Crippen LogP contribution in [0.1, 0.15) is 23.7 Å². The summed E-state index contributed by atoms with van der Waals surface area (Å²) in [6.07, 6.45) is 0.792. The average molecular weight is 230 g/mol. The molecule has 2 rings (SSSR count). The molecule has 2 aromatic rings. The van der Waals surface area contributed by atoms with Crippen LogP contribution in [0.3, 0.4) is 0 Å². The number of hydrogen-bond acceptors (Lipinski definition) is 1. The van der Waals surface area contributed by atoms with Crippen LogP contribution in [0.4, 0.5) is 4.39 Å². The highest BCUT2D eigenvalue weighted by atomic mass is 19.1. The molecular formula is C15H15FO. The van der Waals surface area contributed by atoms with Gasteiger partial charge in [-0.2, -0.15) is 0 Å². The Morgan fingerprint density at radius 2 is 1.76 bits per heavy atom. The van der Waals surface area contributed by atoms with E-state index in [1.165, 1.54) is 12.1 Å². The molecule has 0 aromatic heterocycles. The maximum atomic E-state index is 13.0. The average Bonchev–Trinajstić information content (AvgIpc) is 2.37. The van der Waals surface area contributed by atoms with Crippen LogP contribution >= 0.6 is 0 Å².